The summed E-state index contributed by atoms with van der Waals surface area (Å²) in [5.41, 5.74) is 2.58. The van der Waals surface area contributed by atoms with Crippen LogP contribution in [0.2, 0.25) is 5.02 Å². The first-order valence-corrected chi connectivity index (χ1v) is 12.9. The summed E-state index contributed by atoms with van der Waals surface area (Å²) in [7, 11) is 0. The number of carboxylic acid groups (broad SMARTS) is 1. The molecular weight excluding hydrogens is 563 g/mol. The predicted octanol–water partition coefficient (Wildman–Crippen LogP) is 5.39. The van der Waals surface area contributed by atoms with Gasteiger partial charge in [-0.05, 0) is 54.8 Å². The van der Waals surface area contributed by atoms with Gasteiger partial charge in [0.1, 0.15) is 0 Å². The third-order valence-electron chi connectivity index (χ3n) is 6.21. The number of anilines is 1. The Labute approximate surface area is 239 Å². The van der Waals surface area contributed by atoms with Gasteiger partial charge in [0.2, 0.25) is 5.91 Å². The number of carboxylic acids is 1. The van der Waals surface area contributed by atoms with Crippen LogP contribution in [0, 0.1) is 5.92 Å². The van der Waals surface area contributed by atoms with E-state index in [1.165, 1.54) is 0 Å². The molecule has 3 N–H and O–H groups in total. The molecule has 0 bridgehead atoms. The molecule has 0 radical (unpaired) electrons. The predicted molar refractivity (Wildman–Crippen MR) is 146 cm³/mol. The van der Waals surface area contributed by atoms with Gasteiger partial charge in [0.15, 0.2) is 0 Å². The lowest BCUT2D eigenvalue weighted by Crippen LogP contribution is -2.42. The molecule has 3 amide bonds. The van der Waals surface area contributed by atoms with Crippen molar-refractivity contribution in [1.29, 1.82) is 0 Å². The minimum Gasteiger partial charge on any atom is -0.475 e. The Morgan fingerprint density at radius 3 is 2.00 bits per heavy atom. The van der Waals surface area contributed by atoms with Crippen LogP contribution in [-0.4, -0.2) is 53.0 Å². The monoisotopic (exact) mass is 589 g/mol. The zero-order chi connectivity index (χ0) is 30.0. The zero-order valence-corrected chi connectivity index (χ0v) is 22.4. The third kappa shape index (κ3) is 9.35. The van der Waals surface area contributed by atoms with Crippen LogP contribution in [0.4, 0.5) is 18.9 Å². The van der Waals surface area contributed by atoms with Crippen LogP contribution in [-0.2, 0) is 16.1 Å². The molecule has 1 aliphatic rings. The smallest absolute Gasteiger partial charge is 0.475 e. The Morgan fingerprint density at radius 2 is 1.44 bits per heavy atom. The first kappa shape index (κ1) is 31.2. The van der Waals surface area contributed by atoms with Gasteiger partial charge in [0.25, 0.3) is 11.8 Å². The lowest BCUT2D eigenvalue weighted by Gasteiger charge is -2.31. The topological polar surface area (TPSA) is 116 Å². The van der Waals surface area contributed by atoms with E-state index in [-0.39, 0.29) is 23.6 Å². The number of amides is 3. The Bertz CT molecular complexity index is 1360. The minimum absolute atomic E-state index is 0.0366. The number of rotatable bonds is 6. The van der Waals surface area contributed by atoms with E-state index in [0.29, 0.717) is 54.3 Å². The Kier molecular flexibility index (Phi) is 10.9. The highest BCUT2D eigenvalue weighted by Gasteiger charge is 2.38. The second-order valence-corrected chi connectivity index (χ2v) is 9.49. The maximum Gasteiger partial charge on any atom is 0.490 e. The van der Waals surface area contributed by atoms with Crippen LogP contribution in [0.25, 0.3) is 0 Å². The van der Waals surface area contributed by atoms with Crippen LogP contribution >= 0.6 is 11.6 Å². The average Bonchev–Trinajstić information content (AvgIpc) is 2.96. The maximum absolute atomic E-state index is 12.9. The van der Waals surface area contributed by atoms with Crippen LogP contribution < -0.4 is 10.6 Å². The summed E-state index contributed by atoms with van der Waals surface area (Å²) in [6, 6.07) is 23.4. The lowest BCUT2D eigenvalue weighted by atomic mass is 9.95. The van der Waals surface area contributed by atoms with E-state index >= 15 is 0 Å². The third-order valence-corrected chi connectivity index (χ3v) is 6.54. The molecule has 3 aromatic carbocycles. The number of halogens is 4. The van der Waals surface area contributed by atoms with E-state index in [1.54, 1.807) is 53.4 Å². The highest BCUT2D eigenvalue weighted by atomic mass is 35.5. The molecule has 12 heteroatoms. The summed E-state index contributed by atoms with van der Waals surface area (Å²) in [4.78, 5) is 48.5. The van der Waals surface area contributed by atoms with Gasteiger partial charge in [-0.3, -0.25) is 14.4 Å². The molecule has 41 heavy (non-hydrogen) atoms. The normalized spacial score (nSPS) is 13.4. The van der Waals surface area contributed by atoms with E-state index in [2.05, 4.69) is 10.6 Å². The molecule has 0 aliphatic carbocycles. The van der Waals surface area contributed by atoms with E-state index in [1.807, 2.05) is 30.3 Å². The SMILES string of the molecule is O=C(Nc1ccc(C(=O)N2CCC(C(=O)NCc3ccccc3)CC2)cc1)c1ccccc1Cl.O=C(O)C(F)(F)F. The number of benzene rings is 3. The van der Waals surface area contributed by atoms with Crippen LogP contribution in [0.5, 0.6) is 0 Å². The van der Waals surface area contributed by atoms with Gasteiger partial charge < -0.3 is 20.6 Å². The molecule has 4 rings (SSSR count). The van der Waals surface area contributed by atoms with Crippen molar-refractivity contribution in [2.24, 2.45) is 5.92 Å². The number of carbonyl (C=O) groups is 4. The molecule has 0 atom stereocenters. The lowest BCUT2D eigenvalue weighted by molar-refractivity contribution is -0.192. The van der Waals surface area contributed by atoms with Crippen molar-refractivity contribution >= 4 is 41.0 Å². The standard InChI is InChI=1S/C27H26ClN3O3.C2HF3O2/c28-24-9-5-4-8-23(24)26(33)30-22-12-10-21(11-13-22)27(34)31-16-14-20(15-17-31)25(32)29-18-19-6-2-1-3-7-19;3-2(4,5)1(6)7/h1-13,20H,14-18H2,(H,29,32)(H,30,33);(H,6,7). The summed E-state index contributed by atoms with van der Waals surface area (Å²) in [5.74, 6) is -3.19. The minimum atomic E-state index is -5.08. The van der Waals surface area contributed by atoms with Crippen molar-refractivity contribution in [2.45, 2.75) is 25.6 Å². The summed E-state index contributed by atoms with van der Waals surface area (Å²) in [6.07, 6.45) is -3.81. The number of nitrogens with zero attached hydrogens (tertiary/aromatic N) is 1. The molecule has 3 aromatic rings. The second kappa shape index (κ2) is 14.3. The van der Waals surface area contributed by atoms with Gasteiger partial charge >= 0.3 is 12.1 Å². The highest BCUT2D eigenvalue weighted by Crippen LogP contribution is 2.21. The first-order valence-electron chi connectivity index (χ1n) is 12.5. The zero-order valence-electron chi connectivity index (χ0n) is 21.7. The maximum atomic E-state index is 12.9. The van der Waals surface area contributed by atoms with Crippen molar-refractivity contribution in [2.75, 3.05) is 18.4 Å². The van der Waals surface area contributed by atoms with Crippen LogP contribution in [0.15, 0.2) is 78.9 Å². The van der Waals surface area contributed by atoms with E-state index in [4.69, 9.17) is 21.5 Å². The quantitative estimate of drug-likeness (QED) is 0.356. The second-order valence-electron chi connectivity index (χ2n) is 9.08. The number of piperidine rings is 1. The summed E-state index contributed by atoms with van der Waals surface area (Å²) < 4.78 is 31.7. The molecule has 0 saturated carbocycles. The number of nitrogens with one attached hydrogen (secondary N) is 2. The highest BCUT2D eigenvalue weighted by molar-refractivity contribution is 6.34. The summed E-state index contributed by atoms with van der Waals surface area (Å²) >= 11 is 6.08. The molecule has 0 unspecified atom stereocenters. The first-order chi connectivity index (χ1) is 19.5. The Balaban J connectivity index is 0.000000587. The molecule has 0 spiro atoms. The van der Waals surface area contributed by atoms with E-state index in [0.717, 1.165) is 5.56 Å². The molecule has 1 aliphatic heterocycles. The van der Waals surface area contributed by atoms with Gasteiger partial charge in [0.05, 0.1) is 10.6 Å². The fourth-order valence-corrected chi connectivity index (χ4v) is 4.22. The fraction of sp³-hybridized carbons (Fsp3) is 0.241. The van der Waals surface area contributed by atoms with Gasteiger partial charge in [0, 0.05) is 36.8 Å². The Morgan fingerprint density at radius 1 is 0.878 bits per heavy atom. The van der Waals surface area contributed by atoms with E-state index in [9.17, 15) is 27.6 Å². The van der Waals surface area contributed by atoms with Crippen LogP contribution in [0.3, 0.4) is 0 Å². The van der Waals surface area contributed by atoms with Gasteiger partial charge in [-0.1, -0.05) is 54.1 Å². The number of hydrogen-bond donors (Lipinski definition) is 3. The van der Waals surface area contributed by atoms with Gasteiger partial charge in [-0.15, -0.1) is 0 Å². The van der Waals surface area contributed by atoms with Crippen molar-refractivity contribution in [3.8, 4) is 0 Å². The average molecular weight is 590 g/mol. The number of carbonyl (C=O) groups excluding carboxylic acids is 3. The number of hydrogen-bond acceptors (Lipinski definition) is 4. The molecular formula is C29H27ClF3N3O5. The molecule has 1 saturated heterocycles. The number of alkyl halides is 3. The molecule has 0 aromatic heterocycles. The summed E-state index contributed by atoms with van der Waals surface area (Å²) in [5, 5.41) is 13.3. The number of aliphatic carboxylic acids is 1. The fourth-order valence-electron chi connectivity index (χ4n) is 4.00. The molecule has 216 valence electrons. The summed E-state index contributed by atoms with van der Waals surface area (Å²) in [6.45, 7) is 1.58. The number of likely N-dealkylation sites (tertiary alicyclic amines) is 1. The van der Waals surface area contributed by atoms with Gasteiger partial charge in [-0.2, -0.15) is 13.2 Å². The van der Waals surface area contributed by atoms with Crippen molar-refractivity contribution in [3.63, 3.8) is 0 Å². The van der Waals surface area contributed by atoms with Crippen LogP contribution in [0.1, 0.15) is 39.1 Å². The Hall–Kier alpha value is -4.38. The van der Waals surface area contributed by atoms with Crippen molar-refractivity contribution < 1.29 is 37.5 Å². The van der Waals surface area contributed by atoms with Crippen molar-refractivity contribution in [3.05, 3.63) is 101 Å². The molecule has 1 heterocycles. The largest absolute Gasteiger partial charge is 0.490 e. The van der Waals surface area contributed by atoms with E-state index < -0.39 is 12.1 Å². The van der Waals surface area contributed by atoms with Crippen molar-refractivity contribution in [1.82, 2.24) is 10.2 Å². The van der Waals surface area contributed by atoms with Gasteiger partial charge in [-0.25, -0.2) is 4.79 Å². The molecule has 1 fully saturated rings. The molecule has 8 nitrogen and oxygen atoms in total.